The SMILES string of the molecule is C=NC=CN(C)C(CO)CC(C)(C)C. The molecule has 1 N–H and O–H groups in total. The van der Waals surface area contributed by atoms with Gasteiger partial charge in [-0.2, -0.15) is 0 Å². The Labute approximate surface area is 87.1 Å². The lowest BCUT2D eigenvalue weighted by atomic mass is 9.88. The first kappa shape index (κ1) is 13.2. The van der Waals surface area contributed by atoms with Crippen molar-refractivity contribution in [2.24, 2.45) is 10.4 Å². The van der Waals surface area contributed by atoms with Crippen molar-refractivity contribution in [3.05, 3.63) is 12.4 Å². The monoisotopic (exact) mass is 198 g/mol. The first-order valence-corrected chi connectivity index (χ1v) is 4.86. The minimum absolute atomic E-state index is 0.146. The second kappa shape index (κ2) is 5.81. The molecule has 0 heterocycles. The maximum absolute atomic E-state index is 9.24. The fourth-order valence-electron chi connectivity index (χ4n) is 1.32. The summed E-state index contributed by atoms with van der Waals surface area (Å²) in [6.45, 7) is 10.0. The van der Waals surface area contributed by atoms with E-state index in [-0.39, 0.29) is 18.1 Å². The number of hydrogen-bond acceptors (Lipinski definition) is 3. The fraction of sp³-hybridized carbons (Fsp3) is 0.727. The van der Waals surface area contributed by atoms with E-state index in [0.717, 1.165) is 6.42 Å². The molecule has 0 aromatic rings. The summed E-state index contributed by atoms with van der Waals surface area (Å²) in [5.41, 5.74) is 0.219. The maximum Gasteiger partial charge on any atom is 0.0634 e. The van der Waals surface area contributed by atoms with Crippen LogP contribution >= 0.6 is 0 Å². The summed E-state index contributed by atoms with van der Waals surface area (Å²) < 4.78 is 0. The minimum Gasteiger partial charge on any atom is -0.394 e. The zero-order valence-electron chi connectivity index (χ0n) is 9.70. The summed E-state index contributed by atoms with van der Waals surface area (Å²) in [6.07, 6.45) is 4.41. The topological polar surface area (TPSA) is 35.8 Å². The molecule has 82 valence electrons. The summed E-state index contributed by atoms with van der Waals surface area (Å²) in [4.78, 5) is 5.61. The lowest BCUT2D eigenvalue weighted by molar-refractivity contribution is 0.142. The Morgan fingerprint density at radius 3 is 2.43 bits per heavy atom. The van der Waals surface area contributed by atoms with E-state index in [1.807, 2.05) is 18.1 Å². The van der Waals surface area contributed by atoms with Gasteiger partial charge in [-0.25, -0.2) is 0 Å². The molecular weight excluding hydrogens is 176 g/mol. The Bertz CT molecular complexity index is 194. The van der Waals surface area contributed by atoms with E-state index >= 15 is 0 Å². The van der Waals surface area contributed by atoms with Crippen LogP contribution in [0.15, 0.2) is 17.4 Å². The van der Waals surface area contributed by atoms with Crippen LogP contribution in [0, 0.1) is 5.41 Å². The lowest BCUT2D eigenvalue weighted by Gasteiger charge is -2.30. The molecule has 1 atom stereocenters. The molecule has 0 saturated heterocycles. The number of rotatable bonds is 5. The van der Waals surface area contributed by atoms with Gasteiger partial charge < -0.3 is 10.0 Å². The van der Waals surface area contributed by atoms with Crippen LogP contribution in [0.4, 0.5) is 0 Å². The molecule has 0 aliphatic rings. The van der Waals surface area contributed by atoms with Crippen LogP contribution in [0.5, 0.6) is 0 Å². The van der Waals surface area contributed by atoms with Gasteiger partial charge in [0.2, 0.25) is 0 Å². The summed E-state index contributed by atoms with van der Waals surface area (Å²) in [6, 6.07) is 0.146. The zero-order valence-corrected chi connectivity index (χ0v) is 9.70. The molecule has 3 heteroatoms. The van der Waals surface area contributed by atoms with Gasteiger partial charge >= 0.3 is 0 Å². The van der Waals surface area contributed by atoms with Gasteiger partial charge in [0, 0.05) is 19.4 Å². The molecule has 0 aromatic carbocycles. The summed E-state index contributed by atoms with van der Waals surface area (Å²) in [7, 11) is 1.94. The van der Waals surface area contributed by atoms with Crippen molar-refractivity contribution in [1.82, 2.24) is 4.90 Å². The zero-order chi connectivity index (χ0) is 11.2. The second-order valence-corrected chi connectivity index (χ2v) is 4.75. The Hall–Kier alpha value is -0.830. The van der Waals surface area contributed by atoms with Crippen LogP contribution in [0.25, 0.3) is 0 Å². The summed E-state index contributed by atoms with van der Waals surface area (Å²) in [5.74, 6) is 0. The maximum atomic E-state index is 9.24. The Morgan fingerprint density at radius 1 is 1.50 bits per heavy atom. The predicted octanol–water partition coefficient (Wildman–Crippen LogP) is 1.89. The summed E-state index contributed by atoms with van der Waals surface area (Å²) >= 11 is 0. The van der Waals surface area contributed by atoms with Gasteiger partial charge in [-0.3, -0.25) is 4.99 Å². The van der Waals surface area contributed by atoms with E-state index in [1.54, 1.807) is 6.20 Å². The quantitative estimate of drug-likeness (QED) is 0.685. The minimum atomic E-state index is 0.146. The first-order chi connectivity index (χ1) is 6.40. The summed E-state index contributed by atoms with van der Waals surface area (Å²) in [5, 5.41) is 9.24. The Morgan fingerprint density at radius 2 is 2.07 bits per heavy atom. The standard InChI is InChI=1S/C11H22N2O/c1-11(2,3)8-10(9-14)13(5)7-6-12-4/h6-7,10,14H,4,8-9H2,1-3,5H3. The van der Waals surface area contributed by atoms with Gasteiger partial charge in [0.15, 0.2) is 0 Å². The highest BCUT2D eigenvalue weighted by Crippen LogP contribution is 2.22. The molecule has 14 heavy (non-hydrogen) atoms. The van der Waals surface area contributed by atoms with Crippen molar-refractivity contribution >= 4 is 6.72 Å². The van der Waals surface area contributed by atoms with Crippen molar-refractivity contribution < 1.29 is 5.11 Å². The van der Waals surface area contributed by atoms with Gasteiger partial charge in [0.25, 0.3) is 0 Å². The van der Waals surface area contributed by atoms with Crippen molar-refractivity contribution in [2.45, 2.75) is 33.2 Å². The van der Waals surface area contributed by atoms with E-state index in [4.69, 9.17) is 0 Å². The number of aliphatic hydroxyl groups excluding tert-OH is 1. The van der Waals surface area contributed by atoms with Crippen LogP contribution in [-0.4, -0.2) is 36.4 Å². The van der Waals surface area contributed by atoms with E-state index in [9.17, 15) is 5.11 Å². The molecule has 0 aromatic heterocycles. The molecule has 0 radical (unpaired) electrons. The normalized spacial score (nSPS) is 14.4. The van der Waals surface area contributed by atoms with Crippen LogP contribution in [-0.2, 0) is 0 Å². The van der Waals surface area contributed by atoms with E-state index < -0.39 is 0 Å². The van der Waals surface area contributed by atoms with Crippen molar-refractivity contribution in [3.63, 3.8) is 0 Å². The van der Waals surface area contributed by atoms with Crippen molar-refractivity contribution in [1.29, 1.82) is 0 Å². The first-order valence-electron chi connectivity index (χ1n) is 4.86. The number of nitrogens with zero attached hydrogens (tertiary/aromatic N) is 2. The van der Waals surface area contributed by atoms with Crippen LogP contribution < -0.4 is 0 Å². The van der Waals surface area contributed by atoms with Gasteiger partial charge in [-0.05, 0) is 18.6 Å². The number of likely N-dealkylation sites (N-methyl/N-ethyl adjacent to an activating group) is 1. The van der Waals surface area contributed by atoms with Gasteiger partial charge in [-0.15, -0.1) is 0 Å². The number of aliphatic hydroxyl groups is 1. The van der Waals surface area contributed by atoms with E-state index in [2.05, 4.69) is 32.5 Å². The molecule has 0 spiro atoms. The molecule has 0 fully saturated rings. The third kappa shape index (κ3) is 5.75. The average Bonchev–Trinajstić information content (AvgIpc) is 2.08. The Balaban J connectivity index is 4.25. The Kier molecular flexibility index (Phi) is 5.46. The van der Waals surface area contributed by atoms with E-state index in [1.165, 1.54) is 0 Å². The lowest BCUT2D eigenvalue weighted by Crippen LogP contribution is -2.34. The molecule has 0 aliphatic carbocycles. The number of aliphatic imine (C=N–C) groups is 1. The fourth-order valence-corrected chi connectivity index (χ4v) is 1.32. The van der Waals surface area contributed by atoms with Crippen LogP contribution in [0.1, 0.15) is 27.2 Å². The second-order valence-electron chi connectivity index (χ2n) is 4.75. The highest BCUT2D eigenvalue weighted by atomic mass is 16.3. The third-order valence-electron chi connectivity index (χ3n) is 2.04. The molecule has 0 bridgehead atoms. The molecule has 0 rings (SSSR count). The molecule has 0 saturated carbocycles. The highest BCUT2D eigenvalue weighted by molar-refractivity contribution is 5.25. The molecule has 1 unspecified atom stereocenters. The van der Waals surface area contributed by atoms with Crippen LogP contribution in [0.2, 0.25) is 0 Å². The molecule has 0 aliphatic heterocycles. The molecule has 3 nitrogen and oxygen atoms in total. The van der Waals surface area contributed by atoms with Crippen molar-refractivity contribution in [2.75, 3.05) is 13.7 Å². The highest BCUT2D eigenvalue weighted by Gasteiger charge is 2.19. The molecular formula is C11H22N2O. The van der Waals surface area contributed by atoms with Gasteiger partial charge in [0.05, 0.1) is 12.6 Å². The smallest absolute Gasteiger partial charge is 0.0634 e. The number of hydrogen-bond donors (Lipinski definition) is 1. The third-order valence-corrected chi connectivity index (χ3v) is 2.04. The average molecular weight is 198 g/mol. The van der Waals surface area contributed by atoms with Crippen LogP contribution in [0.3, 0.4) is 0 Å². The molecule has 0 amide bonds. The van der Waals surface area contributed by atoms with Gasteiger partial charge in [-0.1, -0.05) is 20.8 Å². The van der Waals surface area contributed by atoms with Gasteiger partial charge in [0.1, 0.15) is 0 Å². The van der Waals surface area contributed by atoms with Crippen molar-refractivity contribution in [3.8, 4) is 0 Å². The van der Waals surface area contributed by atoms with E-state index in [0.29, 0.717) is 0 Å². The predicted molar refractivity (Wildman–Crippen MR) is 61.4 cm³/mol. The largest absolute Gasteiger partial charge is 0.394 e.